The zero-order chi connectivity index (χ0) is 14.5. The number of carbonyl (C=O) groups is 1. The van der Waals surface area contributed by atoms with Crippen LogP contribution >= 0.6 is 15.9 Å². The summed E-state index contributed by atoms with van der Waals surface area (Å²) in [7, 11) is 0. The second-order valence-electron chi connectivity index (χ2n) is 4.71. The summed E-state index contributed by atoms with van der Waals surface area (Å²) in [5.41, 5.74) is 1.84. The third kappa shape index (κ3) is 3.84. The molecule has 0 spiro atoms. The van der Waals surface area contributed by atoms with Crippen LogP contribution in [0.1, 0.15) is 24.8 Å². The lowest BCUT2D eigenvalue weighted by molar-refractivity contribution is -0.131. The molecule has 0 aliphatic heterocycles. The highest BCUT2D eigenvalue weighted by Crippen LogP contribution is 2.35. The Morgan fingerprint density at radius 2 is 2.30 bits per heavy atom. The quantitative estimate of drug-likeness (QED) is 0.809. The van der Waals surface area contributed by atoms with Gasteiger partial charge in [-0.1, -0.05) is 15.9 Å². The maximum Gasteiger partial charge on any atom is 0.328 e. The predicted molar refractivity (Wildman–Crippen MR) is 81.4 cm³/mol. The van der Waals surface area contributed by atoms with Crippen LogP contribution in [0.25, 0.3) is 6.08 Å². The highest BCUT2D eigenvalue weighted by atomic mass is 79.9. The second-order valence-corrected chi connectivity index (χ2v) is 5.62. The van der Waals surface area contributed by atoms with E-state index in [1.165, 1.54) is 0 Å². The molecule has 1 aromatic carbocycles. The number of rotatable bonds is 6. The van der Waals surface area contributed by atoms with Crippen molar-refractivity contribution in [1.82, 2.24) is 0 Å². The maximum atomic E-state index is 10.7. The largest absolute Gasteiger partial charge is 0.478 e. The Morgan fingerprint density at radius 3 is 2.90 bits per heavy atom. The number of nitriles is 1. The number of hydrogen-bond acceptors (Lipinski definition) is 3. The summed E-state index contributed by atoms with van der Waals surface area (Å²) in [4.78, 5) is 12.9. The molecule has 4 nitrogen and oxygen atoms in total. The number of nitrogens with zero attached hydrogens (tertiary/aromatic N) is 2. The minimum Gasteiger partial charge on any atom is -0.478 e. The lowest BCUT2D eigenvalue weighted by Gasteiger charge is -2.25. The molecule has 0 amide bonds. The van der Waals surface area contributed by atoms with E-state index in [0.29, 0.717) is 19.0 Å². The lowest BCUT2D eigenvalue weighted by Crippen LogP contribution is -2.27. The van der Waals surface area contributed by atoms with Crippen molar-refractivity contribution in [3.8, 4) is 6.07 Å². The van der Waals surface area contributed by atoms with Gasteiger partial charge >= 0.3 is 5.97 Å². The molecule has 0 bridgehead atoms. The SMILES string of the molecule is N#CCCN(c1ccc(Br)cc1/C=C/C(=O)O)C1CC1. The predicted octanol–water partition coefficient (Wildman–Crippen LogP) is 3.43. The highest BCUT2D eigenvalue weighted by molar-refractivity contribution is 9.10. The summed E-state index contributed by atoms with van der Waals surface area (Å²) in [6.45, 7) is 0.677. The molecule has 1 fully saturated rings. The van der Waals surface area contributed by atoms with Crippen LogP contribution in [0, 0.1) is 11.3 Å². The van der Waals surface area contributed by atoms with Crippen LogP contribution in [-0.4, -0.2) is 23.7 Å². The number of aliphatic carboxylic acids is 1. The van der Waals surface area contributed by atoms with Crippen LogP contribution in [0.5, 0.6) is 0 Å². The number of anilines is 1. The molecule has 0 saturated heterocycles. The molecule has 1 aliphatic carbocycles. The Labute approximate surface area is 126 Å². The van der Waals surface area contributed by atoms with Gasteiger partial charge < -0.3 is 10.0 Å². The van der Waals surface area contributed by atoms with Gasteiger partial charge in [0.05, 0.1) is 12.5 Å². The fraction of sp³-hybridized carbons (Fsp3) is 0.333. The normalized spacial score (nSPS) is 14.2. The summed E-state index contributed by atoms with van der Waals surface area (Å²) >= 11 is 3.41. The topological polar surface area (TPSA) is 64.3 Å². The van der Waals surface area contributed by atoms with Crippen LogP contribution in [-0.2, 0) is 4.79 Å². The minimum atomic E-state index is -0.967. The third-order valence-electron chi connectivity index (χ3n) is 3.16. The molecular formula is C15H15BrN2O2. The van der Waals surface area contributed by atoms with Crippen molar-refractivity contribution in [1.29, 1.82) is 5.26 Å². The molecule has 104 valence electrons. The molecule has 0 aromatic heterocycles. The van der Waals surface area contributed by atoms with Gasteiger partial charge in [-0.2, -0.15) is 5.26 Å². The Balaban J connectivity index is 2.32. The number of carboxylic acid groups (broad SMARTS) is 1. The van der Waals surface area contributed by atoms with Crippen LogP contribution in [0.4, 0.5) is 5.69 Å². The molecule has 0 atom stereocenters. The van der Waals surface area contributed by atoms with Crippen molar-refractivity contribution < 1.29 is 9.90 Å². The first-order chi connectivity index (χ1) is 9.61. The molecule has 1 aromatic rings. The van der Waals surface area contributed by atoms with E-state index >= 15 is 0 Å². The van der Waals surface area contributed by atoms with Crippen LogP contribution in [0.3, 0.4) is 0 Å². The van der Waals surface area contributed by atoms with Gasteiger partial charge in [0.2, 0.25) is 0 Å². The molecule has 2 rings (SSSR count). The van der Waals surface area contributed by atoms with E-state index in [4.69, 9.17) is 10.4 Å². The monoisotopic (exact) mass is 334 g/mol. The fourth-order valence-corrected chi connectivity index (χ4v) is 2.52. The first-order valence-corrected chi connectivity index (χ1v) is 7.25. The summed E-state index contributed by atoms with van der Waals surface area (Å²) in [6.07, 6.45) is 5.46. The van der Waals surface area contributed by atoms with Gasteiger partial charge in [-0.05, 0) is 42.7 Å². The zero-order valence-corrected chi connectivity index (χ0v) is 12.5. The fourth-order valence-electron chi connectivity index (χ4n) is 2.14. The zero-order valence-electron chi connectivity index (χ0n) is 10.9. The second kappa shape index (κ2) is 6.58. The smallest absolute Gasteiger partial charge is 0.328 e. The standard InChI is InChI=1S/C15H15BrN2O2/c16-12-3-6-14(11(10-12)2-7-15(19)20)18(9-1-8-17)13-4-5-13/h2-3,6-7,10,13H,1,4-5,9H2,(H,19,20)/b7-2+. The Hall–Kier alpha value is -1.80. The van der Waals surface area contributed by atoms with Gasteiger partial charge in [-0.15, -0.1) is 0 Å². The summed E-state index contributed by atoms with van der Waals surface area (Å²) in [5.74, 6) is -0.967. The van der Waals surface area contributed by atoms with E-state index < -0.39 is 5.97 Å². The molecule has 5 heteroatoms. The maximum absolute atomic E-state index is 10.7. The average Bonchev–Trinajstić information content (AvgIpc) is 3.23. The van der Waals surface area contributed by atoms with Crippen molar-refractivity contribution in [3.63, 3.8) is 0 Å². The number of carboxylic acids is 1. The van der Waals surface area contributed by atoms with E-state index in [1.807, 2.05) is 18.2 Å². The first-order valence-electron chi connectivity index (χ1n) is 6.46. The molecule has 0 radical (unpaired) electrons. The van der Waals surface area contributed by atoms with Gasteiger partial charge in [0.1, 0.15) is 0 Å². The molecular weight excluding hydrogens is 320 g/mol. The Kier molecular flexibility index (Phi) is 4.80. The van der Waals surface area contributed by atoms with Crippen molar-refractivity contribution in [2.75, 3.05) is 11.4 Å². The molecule has 0 heterocycles. The van der Waals surface area contributed by atoms with E-state index in [0.717, 1.165) is 34.6 Å². The lowest BCUT2D eigenvalue weighted by atomic mass is 10.1. The first kappa shape index (κ1) is 14.6. The molecule has 1 aliphatic rings. The summed E-state index contributed by atoms with van der Waals surface area (Å²) < 4.78 is 0.905. The van der Waals surface area contributed by atoms with E-state index in [2.05, 4.69) is 26.9 Å². The van der Waals surface area contributed by atoms with Gasteiger partial charge in [-0.25, -0.2) is 4.79 Å². The van der Waals surface area contributed by atoms with Crippen molar-refractivity contribution >= 4 is 33.7 Å². The number of benzene rings is 1. The minimum absolute atomic E-state index is 0.467. The van der Waals surface area contributed by atoms with E-state index in [9.17, 15) is 4.79 Å². The van der Waals surface area contributed by atoms with Crippen molar-refractivity contribution in [3.05, 3.63) is 34.3 Å². The highest BCUT2D eigenvalue weighted by Gasteiger charge is 2.29. The summed E-state index contributed by atoms with van der Waals surface area (Å²) in [5, 5.41) is 17.6. The molecule has 1 N–H and O–H groups in total. The van der Waals surface area contributed by atoms with Crippen molar-refractivity contribution in [2.45, 2.75) is 25.3 Å². The van der Waals surface area contributed by atoms with Gasteiger partial charge in [0.25, 0.3) is 0 Å². The number of halogens is 1. The van der Waals surface area contributed by atoms with Crippen molar-refractivity contribution in [2.24, 2.45) is 0 Å². The van der Waals surface area contributed by atoms with E-state index in [1.54, 1.807) is 6.08 Å². The van der Waals surface area contributed by atoms with Crippen LogP contribution in [0.15, 0.2) is 28.7 Å². The summed E-state index contributed by atoms with van der Waals surface area (Å²) in [6, 6.07) is 8.45. The number of hydrogen-bond donors (Lipinski definition) is 1. The third-order valence-corrected chi connectivity index (χ3v) is 3.65. The van der Waals surface area contributed by atoms with Crippen LogP contribution in [0.2, 0.25) is 0 Å². The Morgan fingerprint density at radius 1 is 1.55 bits per heavy atom. The average molecular weight is 335 g/mol. The molecule has 20 heavy (non-hydrogen) atoms. The Bertz CT molecular complexity index is 574. The van der Waals surface area contributed by atoms with Gasteiger partial charge in [0, 0.05) is 28.8 Å². The molecule has 1 saturated carbocycles. The van der Waals surface area contributed by atoms with Gasteiger partial charge in [-0.3, -0.25) is 0 Å². The van der Waals surface area contributed by atoms with Gasteiger partial charge in [0.15, 0.2) is 0 Å². The molecule has 0 unspecified atom stereocenters. The van der Waals surface area contributed by atoms with Crippen LogP contribution < -0.4 is 4.90 Å². The van der Waals surface area contributed by atoms with E-state index in [-0.39, 0.29) is 0 Å².